The molecule has 0 bridgehead atoms. The summed E-state index contributed by atoms with van der Waals surface area (Å²) < 4.78 is 17.1. The molecule has 2 aromatic heterocycles. The van der Waals surface area contributed by atoms with Gasteiger partial charge in [-0.1, -0.05) is 5.16 Å². The van der Waals surface area contributed by atoms with Crippen LogP contribution in [-0.4, -0.2) is 24.5 Å². The van der Waals surface area contributed by atoms with Gasteiger partial charge in [0.05, 0.1) is 6.61 Å². The van der Waals surface area contributed by atoms with Gasteiger partial charge < -0.3 is 14.0 Å². The Hall–Kier alpha value is -1.85. The maximum atomic E-state index is 5.61. The Kier molecular flexibility index (Phi) is 2.53. The minimum Gasteiger partial charge on any atom is -0.491 e. The van der Waals surface area contributed by atoms with Gasteiger partial charge in [0.2, 0.25) is 0 Å². The molecule has 5 heteroatoms. The van der Waals surface area contributed by atoms with Crippen LogP contribution in [-0.2, 0) is 4.74 Å². The highest BCUT2D eigenvalue weighted by molar-refractivity contribution is 7.17. The van der Waals surface area contributed by atoms with Crippen LogP contribution in [0, 0.1) is 0 Å². The van der Waals surface area contributed by atoms with Crippen molar-refractivity contribution in [1.29, 1.82) is 0 Å². The molecule has 1 aromatic carbocycles. The third kappa shape index (κ3) is 2.11. The second-order valence-corrected chi connectivity index (χ2v) is 5.35. The third-order valence-corrected chi connectivity index (χ3v) is 3.95. The van der Waals surface area contributed by atoms with Crippen LogP contribution >= 0.6 is 11.3 Å². The van der Waals surface area contributed by atoms with E-state index < -0.39 is 0 Å². The molecule has 3 heterocycles. The molecule has 0 saturated carbocycles. The van der Waals surface area contributed by atoms with Gasteiger partial charge in [0, 0.05) is 5.56 Å². The van der Waals surface area contributed by atoms with Gasteiger partial charge >= 0.3 is 0 Å². The summed E-state index contributed by atoms with van der Waals surface area (Å²) in [5, 5.41) is 6.12. The lowest BCUT2D eigenvalue weighted by Gasteiger charge is -2.04. The van der Waals surface area contributed by atoms with Crippen molar-refractivity contribution < 1.29 is 14.0 Å². The summed E-state index contributed by atoms with van der Waals surface area (Å²) >= 11 is 1.64. The zero-order chi connectivity index (χ0) is 12.7. The van der Waals surface area contributed by atoms with Gasteiger partial charge in [0.15, 0.2) is 5.58 Å². The van der Waals surface area contributed by atoms with Gasteiger partial charge in [0.1, 0.15) is 28.9 Å². The summed E-state index contributed by atoms with van der Waals surface area (Å²) in [5.74, 6) is 0.852. The number of thiophene rings is 1. The van der Waals surface area contributed by atoms with Crippen LogP contribution in [0.2, 0.25) is 0 Å². The predicted molar refractivity (Wildman–Crippen MR) is 72.6 cm³/mol. The van der Waals surface area contributed by atoms with Crippen LogP contribution in [0.1, 0.15) is 0 Å². The molecule has 0 unspecified atom stereocenters. The summed E-state index contributed by atoms with van der Waals surface area (Å²) in [7, 11) is 0. The summed E-state index contributed by atoms with van der Waals surface area (Å²) in [6, 6.07) is 9.83. The third-order valence-electron chi connectivity index (χ3n) is 3.05. The Morgan fingerprint density at radius 1 is 1.26 bits per heavy atom. The molecule has 1 fully saturated rings. The van der Waals surface area contributed by atoms with E-state index in [9.17, 15) is 0 Å². The highest BCUT2D eigenvalue weighted by atomic mass is 32.1. The molecule has 4 nitrogen and oxygen atoms in total. The quantitative estimate of drug-likeness (QED) is 0.684. The van der Waals surface area contributed by atoms with E-state index in [2.05, 4.69) is 5.16 Å². The lowest BCUT2D eigenvalue weighted by Crippen LogP contribution is -2.03. The first-order valence-corrected chi connectivity index (χ1v) is 6.96. The van der Waals surface area contributed by atoms with Crippen LogP contribution in [0.5, 0.6) is 5.75 Å². The number of fused-ring (bicyclic) bond motifs is 1. The number of hydrogen-bond acceptors (Lipinski definition) is 5. The van der Waals surface area contributed by atoms with Gasteiger partial charge in [-0.15, -0.1) is 11.3 Å². The highest BCUT2D eigenvalue weighted by Crippen LogP contribution is 2.32. The minimum absolute atomic E-state index is 0.279. The van der Waals surface area contributed by atoms with Crippen LogP contribution < -0.4 is 4.74 Å². The van der Waals surface area contributed by atoms with E-state index in [1.165, 1.54) is 0 Å². The van der Waals surface area contributed by atoms with E-state index in [0.29, 0.717) is 6.61 Å². The highest BCUT2D eigenvalue weighted by Gasteiger charge is 2.23. The molecule has 19 heavy (non-hydrogen) atoms. The average molecular weight is 273 g/mol. The van der Waals surface area contributed by atoms with Crippen molar-refractivity contribution in [2.75, 3.05) is 13.2 Å². The van der Waals surface area contributed by atoms with E-state index in [1.807, 2.05) is 35.7 Å². The fraction of sp³-hybridized carbons (Fsp3) is 0.214. The summed E-state index contributed by atoms with van der Waals surface area (Å²) in [5.41, 5.74) is 2.77. The predicted octanol–water partition coefficient (Wildman–Crippen LogP) is 3.33. The van der Waals surface area contributed by atoms with Crippen molar-refractivity contribution in [1.82, 2.24) is 5.16 Å². The Bertz CT molecular complexity index is 697. The first-order chi connectivity index (χ1) is 9.40. The van der Waals surface area contributed by atoms with Crippen molar-refractivity contribution in [3.05, 3.63) is 35.7 Å². The number of aromatic nitrogens is 1. The standard InChI is InChI=1S/C14H11NO3S/c1-3-10(16-7-11-8-17-11)4-2-9(1)13-14-12(18-15-13)5-6-19-14/h1-6,11H,7-8H2/t11-/m0/s1. The normalized spacial score (nSPS) is 17.8. The molecule has 96 valence electrons. The largest absolute Gasteiger partial charge is 0.491 e. The molecule has 0 amide bonds. The lowest BCUT2D eigenvalue weighted by atomic mass is 10.1. The fourth-order valence-corrected chi connectivity index (χ4v) is 2.74. The number of benzene rings is 1. The lowest BCUT2D eigenvalue weighted by molar-refractivity contribution is 0.263. The fourth-order valence-electron chi connectivity index (χ4n) is 1.92. The topological polar surface area (TPSA) is 47.8 Å². The molecule has 1 aliphatic rings. The van der Waals surface area contributed by atoms with Gasteiger partial charge in [-0.05, 0) is 35.7 Å². The zero-order valence-electron chi connectivity index (χ0n) is 10.0. The number of hydrogen-bond donors (Lipinski definition) is 0. The second kappa shape index (κ2) is 4.36. The zero-order valence-corrected chi connectivity index (χ0v) is 10.9. The monoisotopic (exact) mass is 273 g/mol. The molecule has 4 rings (SSSR count). The average Bonchev–Trinajstić information content (AvgIpc) is 3.00. The van der Waals surface area contributed by atoms with Crippen molar-refractivity contribution in [2.45, 2.75) is 6.10 Å². The minimum atomic E-state index is 0.279. The van der Waals surface area contributed by atoms with E-state index in [-0.39, 0.29) is 6.10 Å². The van der Waals surface area contributed by atoms with Crippen LogP contribution in [0.3, 0.4) is 0 Å². The number of nitrogens with zero attached hydrogens (tertiary/aromatic N) is 1. The Labute approximate surface area is 113 Å². The van der Waals surface area contributed by atoms with Crippen molar-refractivity contribution in [3.8, 4) is 17.0 Å². The molecule has 0 N–H and O–H groups in total. The molecule has 1 atom stereocenters. The van der Waals surface area contributed by atoms with Gasteiger partial charge in [-0.25, -0.2) is 0 Å². The van der Waals surface area contributed by atoms with Gasteiger partial charge in [-0.3, -0.25) is 0 Å². The summed E-state index contributed by atoms with van der Waals surface area (Å²) in [4.78, 5) is 0. The summed E-state index contributed by atoms with van der Waals surface area (Å²) in [6.45, 7) is 1.44. The van der Waals surface area contributed by atoms with E-state index in [0.717, 1.165) is 33.9 Å². The van der Waals surface area contributed by atoms with Gasteiger partial charge in [-0.2, -0.15) is 0 Å². The van der Waals surface area contributed by atoms with Crippen molar-refractivity contribution in [2.24, 2.45) is 0 Å². The SMILES string of the molecule is c1cc2onc(-c3ccc(OC[C@H]4CO4)cc3)c2s1. The maximum absolute atomic E-state index is 5.61. The van der Waals surface area contributed by atoms with E-state index in [1.54, 1.807) is 11.3 Å². The summed E-state index contributed by atoms with van der Waals surface area (Å²) in [6.07, 6.45) is 0.279. The Morgan fingerprint density at radius 2 is 2.11 bits per heavy atom. The number of ether oxygens (including phenoxy) is 2. The van der Waals surface area contributed by atoms with Crippen LogP contribution in [0.4, 0.5) is 0 Å². The first kappa shape index (κ1) is 11.0. The second-order valence-electron chi connectivity index (χ2n) is 4.44. The first-order valence-electron chi connectivity index (χ1n) is 6.08. The van der Waals surface area contributed by atoms with Crippen molar-refractivity contribution in [3.63, 3.8) is 0 Å². The van der Waals surface area contributed by atoms with E-state index in [4.69, 9.17) is 14.0 Å². The number of rotatable bonds is 4. The smallest absolute Gasteiger partial charge is 0.178 e. The molecular formula is C14H11NO3S. The van der Waals surface area contributed by atoms with Gasteiger partial charge in [0.25, 0.3) is 0 Å². The molecule has 0 radical (unpaired) electrons. The maximum Gasteiger partial charge on any atom is 0.178 e. The van der Waals surface area contributed by atoms with Crippen LogP contribution in [0.15, 0.2) is 40.2 Å². The van der Waals surface area contributed by atoms with E-state index >= 15 is 0 Å². The molecule has 1 aliphatic heterocycles. The molecule has 1 saturated heterocycles. The molecule has 0 aliphatic carbocycles. The Morgan fingerprint density at radius 3 is 2.89 bits per heavy atom. The van der Waals surface area contributed by atoms with Crippen LogP contribution in [0.25, 0.3) is 21.5 Å². The Balaban J connectivity index is 1.59. The molecular weight excluding hydrogens is 262 g/mol. The molecule has 0 spiro atoms. The number of epoxide rings is 1. The molecule has 3 aromatic rings. The van der Waals surface area contributed by atoms with Crippen molar-refractivity contribution >= 4 is 21.6 Å².